The molecule has 8 nitrogen and oxygen atoms in total. The van der Waals surface area contributed by atoms with Gasteiger partial charge in [0.1, 0.15) is 5.75 Å². The minimum atomic E-state index is -4.77. The number of pyridine rings is 1. The van der Waals surface area contributed by atoms with Crippen molar-refractivity contribution in [2.24, 2.45) is 0 Å². The summed E-state index contributed by atoms with van der Waals surface area (Å²) in [6, 6.07) is 12.2. The summed E-state index contributed by atoms with van der Waals surface area (Å²) in [5.41, 5.74) is 1.16. The van der Waals surface area contributed by atoms with Gasteiger partial charge in [0.15, 0.2) is 11.6 Å². The fraction of sp³-hybridized carbons (Fsp3) is 0.238. The number of carbonyl (C=O) groups is 1. The van der Waals surface area contributed by atoms with E-state index in [0.29, 0.717) is 43.4 Å². The Labute approximate surface area is 181 Å². The van der Waals surface area contributed by atoms with Crippen LogP contribution in [0.5, 0.6) is 5.75 Å². The van der Waals surface area contributed by atoms with E-state index in [4.69, 9.17) is 0 Å². The number of hydrogen-bond donors (Lipinski definition) is 1. The second kappa shape index (κ2) is 9.08. The van der Waals surface area contributed by atoms with Crippen molar-refractivity contribution in [2.45, 2.75) is 6.36 Å². The number of rotatable bonds is 5. The maximum Gasteiger partial charge on any atom is 0.573 e. The summed E-state index contributed by atoms with van der Waals surface area (Å²) >= 11 is 0. The van der Waals surface area contributed by atoms with Crippen LogP contribution < -0.4 is 15.0 Å². The second-order valence-electron chi connectivity index (χ2n) is 6.99. The van der Waals surface area contributed by atoms with E-state index >= 15 is 0 Å². The molecule has 2 aromatic heterocycles. The SMILES string of the molecule is O=C(c1ccc(OC(F)(F)F)cc1)N1CCN(c2ccc(Nc3ccncc3)nn2)CC1. The zero-order chi connectivity index (χ0) is 22.6. The standard InChI is InChI=1S/C21H19F3N6O2/c22-21(23,24)32-17-3-1-15(2-4-17)20(31)30-13-11-29(12-14-30)19-6-5-18(27-28-19)26-16-7-9-25-10-8-16/h1-10H,11-14H2,(H,25,26,27). The van der Waals surface area contributed by atoms with Gasteiger partial charge >= 0.3 is 6.36 Å². The molecule has 1 amide bonds. The number of nitrogens with zero attached hydrogens (tertiary/aromatic N) is 5. The highest BCUT2D eigenvalue weighted by Gasteiger charge is 2.31. The molecule has 0 bridgehead atoms. The average Bonchev–Trinajstić information content (AvgIpc) is 2.79. The third-order valence-electron chi connectivity index (χ3n) is 4.83. The van der Waals surface area contributed by atoms with Gasteiger partial charge in [-0.05, 0) is 48.5 Å². The topological polar surface area (TPSA) is 83.5 Å². The van der Waals surface area contributed by atoms with Crippen molar-refractivity contribution in [1.82, 2.24) is 20.1 Å². The lowest BCUT2D eigenvalue weighted by Crippen LogP contribution is -2.49. The molecule has 1 aliphatic heterocycles. The summed E-state index contributed by atoms with van der Waals surface area (Å²) in [5, 5.41) is 11.6. The number of carbonyl (C=O) groups excluding carboxylic acids is 1. The maximum absolute atomic E-state index is 12.7. The highest BCUT2D eigenvalue weighted by Crippen LogP contribution is 2.23. The Morgan fingerprint density at radius 1 is 0.906 bits per heavy atom. The van der Waals surface area contributed by atoms with Gasteiger partial charge in [0.25, 0.3) is 5.91 Å². The van der Waals surface area contributed by atoms with Crippen LogP contribution in [-0.2, 0) is 0 Å². The van der Waals surface area contributed by atoms with Crippen molar-refractivity contribution in [3.63, 3.8) is 0 Å². The molecule has 166 valence electrons. The fourth-order valence-electron chi connectivity index (χ4n) is 3.26. The molecule has 1 aliphatic rings. The lowest BCUT2D eigenvalue weighted by atomic mass is 10.1. The molecule has 1 N–H and O–H groups in total. The van der Waals surface area contributed by atoms with Gasteiger partial charge in [-0.1, -0.05) is 0 Å². The smallest absolute Gasteiger partial charge is 0.406 e. The van der Waals surface area contributed by atoms with Crippen molar-refractivity contribution >= 4 is 23.2 Å². The molecule has 11 heteroatoms. The number of benzene rings is 1. The van der Waals surface area contributed by atoms with E-state index in [0.717, 1.165) is 17.8 Å². The van der Waals surface area contributed by atoms with Crippen molar-refractivity contribution in [3.05, 3.63) is 66.5 Å². The molecule has 0 spiro atoms. The minimum Gasteiger partial charge on any atom is -0.406 e. The molecule has 0 atom stereocenters. The van der Waals surface area contributed by atoms with Gasteiger partial charge in [-0.15, -0.1) is 23.4 Å². The molecule has 0 unspecified atom stereocenters. The number of nitrogens with one attached hydrogen (secondary N) is 1. The zero-order valence-corrected chi connectivity index (χ0v) is 16.8. The van der Waals surface area contributed by atoms with Crippen LogP contribution in [0.4, 0.5) is 30.5 Å². The highest BCUT2D eigenvalue weighted by atomic mass is 19.4. The molecule has 0 saturated carbocycles. The Hall–Kier alpha value is -3.89. The van der Waals surface area contributed by atoms with Crippen molar-refractivity contribution in [2.75, 3.05) is 36.4 Å². The molecule has 1 saturated heterocycles. The maximum atomic E-state index is 12.7. The van der Waals surface area contributed by atoms with E-state index < -0.39 is 6.36 Å². The summed E-state index contributed by atoms with van der Waals surface area (Å²) < 4.78 is 40.6. The number of aromatic nitrogens is 3. The molecule has 3 aromatic rings. The number of halogens is 3. The van der Waals surface area contributed by atoms with E-state index in [1.165, 1.54) is 12.1 Å². The van der Waals surface area contributed by atoms with Crippen LogP contribution in [0.3, 0.4) is 0 Å². The van der Waals surface area contributed by atoms with E-state index in [1.807, 2.05) is 29.2 Å². The van der Waals surface area contributed by atoms with Crippen LogP contribution in [0, 0.1) is 0 Å². The first-order valence-electron chi connectivity index (χ1n) is 9.78. The summed E-state index contributed by atoms with van der Waals surface area (Å²) in [4.78, 5) is 20.3. The Bertz CT molecular complexity index is 1040. The van der Waals surface area contributed by atoms with Gasteiger partial charge in [-0.3, -0.25) is 9.78 Å². The lowest BCUT2D eigenvalue weighted by molar-refractivity contribution is -0.274. The Morgan fingerprint density at radius 3 is 2.19 bits per heavy atom. The highest BCUT2D eigenvalue weighted by molar-refractivity contribution is 5.94. The van der Waals surface area contributed by atoms with Crippen LogP contribution >= 0.6 is 0 Å². The van der Waals surface area contributed by atoms with E-state index in [2.05, 4.69) is 25.2 Å². The average molecular weight is 444 g/mol. The molecule has 3 heterocycles. The van der Waals surface area contributed by atoms with Crippen LogP contribution in [-0.4, -0.2) is 58.5 Å². The predicted octanol–water partition coefficient (Wildman–Crippen LogP) is 3.48. The van der Waals surface area contributed by atoms with E-state index in [1.54, 1.807) is 17.3 Å². The first-order chi connectivity index (χ1) is 15.4. The number of piperazine rings is 1. The molecular weight excluding hydrogens is 425 g/mol. The Balaban J connectivity index is 1.31. The second-order valence-corrected chi connectivity index (χ2v) is 6.99. The van der Waals surface area contributed by atoms with Crippen molar-refractivity contribution in [3.8, 4) is 5.75 Å². The fourth-order valence-corrected chi connectivity index (χ4v) is 3.26. The number of alkyl halides is 3. The van der Waals surface area contributed by atoms with Crippen molar-refractivity contribution < 1.29 is 22.7 Å². The normalized spacial score (nSPS) is 14.2. The van der Waals surface area contributed by atoms with Gasteiger partial charge in [-0.25, -0.2) is 0 Å². The molecule has 4 rings (SSSR count). The number of hydrogen-bond acceptors (Lipinski definition) is 7. The predicted molar refractivity (Wildman–Crippen MR) is 111 cm³/mol. The van der Waals surface area contributed by atoms with Gasteiger partial charge in [-0.2, -0.15) is 0 Å². The third kappa shape index (κ3) is 5.42. The summed E-state index contributed by atoms with van der Waals surface area (Å²) in [6.45, 7) is 2.04. The summed E-state index contributed by atoms with van der Waals surface area (Å²) in [7, 11) is 0. The number of amides is 1. The first-order valence-corrected chi connectivity index (χ1v) is 9.78. The van der Waals surface area contributed by atoms with Gasteiger partial charge < -0.3 is 19.9 Å². The lowest BCUT2D eigenvalue weighted by Gasteiger charge is -2.35. The molecule has 1 aromatic carbocycles. The van der Waals surface area contributed by atoms with Gasteiger partial charge in [0, 0.05) is 49.8 Å². The van der Waals surface area contributed by atoms with E-state index in [9.17, 15) is 18.0 Å². The minimum absolute atomic E-state index is 0.244. The first kappa shape index (κ1) is 21.3. The molecule has 0 radical (unpaired) electrons. The number of ether oxygens (including phenoxy) is 1. The van der Waals surface area contributed by atoms with Crippen LogP contribution in [0.1, 0.15) is 10.4 Å². The third-order valence-corrected chi connectivity index (χ3v) is 4.83. The number of anilines is 3. The van der Waals surface area contributed by atoms with Crippen molar-refractivity contribution in [1.29, 1.82) is 0 Å². The summed E-state index contributed by atoms with van der Waals surface area (Å²) in [5.74, 6) is 0.697. The Kier molecular flexibility index (Phi) is 6.06. The Morgan fingerprint density at radius 2 is 1.59 bits per heavy atom. The molecular formula is C21H19F3N6O2. The monoisotopic (exact) mass is 444 g/mol. The quantitative estimate of drug-likeness (QED) is 0.645. The van der Waals surface area contributed by atoms with Crippen LogP contribution in [0.2, 0.25) is 0 Å². The largest absolute Gasteiger partial charge is 0.573 e. The zero-order valence-electron chi connectivity index (χ0n) is 16.8. The molecule has 0 aliphatic carbocycles. The van der Waals surface area contributed by atoms with Crippen LogP contribution in [0.15, 0.2) is 60.9 Å². The summed E-state index contributed by atoms with van der Waals surface area (Å²) in [6.07, 6.45) is -1.41. The van der Waals surface area contributed by atoms with Gasteiger partial charge in [0.05, 0.1) is 0 Å². The molecule has 32 heavy (non-hydrogen) atoms. The van der Waals surface area contributed by atoms with Crippen LogP contribution in [0.25, 0.3) is 0 Å². The van der Waals surface area contributed by atoms with Gasteiger partial charge in [0.2, 0.25) is 0 Å². The molecule has 1 fully saturated rings. The van der Waals surface area contributed by atoms with E-state index in [-0.39, 0.29) is 11.7 Å².